The minimum atomic E-state index is 0.322. The van der Waals surface area contributed by atoms with Gasteiger partial charge in [0.2, 0.25) is 0 Å². The maximum atomic E-state index is 3.74. The Morgan fingerprint density at radius 2 is 1.78 bits per heavy atom. The third-order valence-corrected chi connectivity index (χ3v) is 5.05. The first kappa shape index (κ1) is 16.0. The minimum Gasteiger partial charge on any atom is -0.313 e. The molecular weight excluding hydrogens is 220 g/mol. The topological polar surface area (TPSA) is 15.3 Å². The van der Waals surface area contributed by atoms with Crippen LogP contribution in [0.25, 0.3) is 0 Å². The smallest absolute Gasteiger partial charge is 0.0223 e. The van der Waals surface area contributed by atoms with E-state index < -0.39 is 0 Å². The molecule has 2 heteroatoms. The van der Waals surface area contributed by atoms with Crippen LogP contribution in [0.5, 0.6) is 0 Å². The monoisotopic (exact) mass is 254 g/mol. The standard InChI is InChI=1S/C16H34N2/c1-6-16(3,4)18(5)13-15(17-7-2)14-11-9-8-10-12-14/h14-15,17H,6-13H2,1-5H3. The molecule has 0 aliphatic heterocycles. The van der Waals surface area contributed by atoms with Gasteiger partial charge in [-0.25, -0.2) is 0 Å². The Balaban J connectivity index is 2.55. The predicted octanol–water partition coefficient (Wildman–Crippen LogP) is 3.67. The second-order valence-electron chi connectivity index (χ2n) is 6.61. The normalized spacial score (nSPS) is 20.3. The zero-order valence-corrected chi connectivity index (χ0v) is 13.3. The average Bonchev–Trinajstić information content (AvgIpc) is 2.39. The zero-order valence-electron chi connectivity index (χ0n) is 13.3. The Labute approximate surface area is 115 Å². The molecule has 0 radical (unpaired) electrons. The van der Waals surface area contributed by atoms with Crippen LogP contribution in [0.2, 0.25) is 0 Å². The predicted molar refractivity (Wildman–Crippen MR) is 81.0 cm³/mol. The van der Waals surface area contributed by atoms with Gasteiger partial charge in [-0.05, 0) is 52.6 Å². The van der Waals surface area contributed by atoms with Gasteiger partial charge in [-0.3, -0.25) is 4.90 Å². The van der Waals surface area contributed by atoms with E-state index in [-0.39, 0.29) is 0 Å². The Morgan fingerprint density at radius 1 is 1.17 bits per heavy atom. The van der Waals surface area contributed by atoms with Crippen LogP contribution in [-0.4, -0.2) is 36.6 Å². The summed E-state index contributed by atoms with van der Waals surface area (Å²) >= 11 is 0. The zero-order chi connectivity index (χ0) is 13.6. The van der Waals surface area contributed by atoms with Crippen molar-refractivity contribution in [3.8, 4) is 0 Å². The molecular formula is C16H34N2. The van der Waals surface area contributed by atoms with Gasteiger partial charge in [0.25, 0.3) is 0 Å². The molecule has 18 heavy (non-hydrogen) atoms. The van der Waals surface area contributed by atoms with Gasteiger partial charge < -0.3 is 5.32 Å². The molecule has 1 saturated carbocycles. The third-order valence-electron chi connectivity index (χ3n) is 5.05. The van der Waals surface area contributed by atoms with Gasteiger partial charge in [0, 0.05) is 18.1 Å². The minimum absolute atomic E-state index is 0.322. The largest absolute Gasteiger partial charge is 0.313 e. The SMILES string of the molecule is CCNC(CN(C)C(C)(C)CC)C1CCCCC1. The summed E-state index contributed by atoms with van der Waals surface area (Å²) in [5, 5.41) is 3.74. The van der Waals surface area contributed by atoms with E-state index in [1.165, 1.54) is 45.1 Å². The lowest BCUT2D eigenvalue weighted by molar-refractivity contribution is 0.113. The van der Waals surface area contributed by atoms with Crippen LogP contribution in [0, 0.1) is 5.92 Å². The lowest BCUT2D eigenvalue weighted by atomic mass is 9.83. The summed E-state index contributed by atoms with van der Waals surface area (Å²) in [6.07, 6.45) is 8.40. The molecule has 108 valence electrons. The molecule has 0 spiro atoms. The fraction of sp³-hybridized carbons (Fsp3) is 1.00. The molecule has 1 aliphatic carbocycles. The van der Waals surface area contributed by atoms with Crippen molar-refractivity contribution in [1.82, 2.24) is 10.2 Å². The second-order valence-corrected chi connectivity index (χ2v) is 6.61. The average molecular weight is 254 g/mol. The van der Waals surface area contributed by atoms with E-state index in [1.54, 1.807) is 0 Å². The first-order valence-electron chi connectivity index (χ1n) is 7.96. The number of rotatable bonds is 7. The Morgan fingerprint density at radius 3 is 2.28 bits per heavy atom. The fourth-order valence-corrected chi connectivity index (χ4v) is 2.99. The molecule has 0 bridgehead atoms. The van der Waals surface area contributed by atoms with Gasteiger partial charge in [-0.2, -0.15) is 0 Å². The van der Waals surface area contributed by atoms with Gasteiger partial charge in [0.1, 0.15) is 0 Å². The molecule has 0 amide bonds. The molecule has 1 N–H and O–H groups in total. The number of nitrogens with one attached hydrogen (secondary N) is 1. The molecule has 2 nitrogen and oxygen atoms in total. The van der Waals surface area contributed by atoms with Crippen LogP contribution in [0.1, 0.15) is 66.2 Å². The van der Waals surface area contributed by atoms with E-state index >= 15 is 0 Å². The highest BCUT2D eigenvalue weighted by Crippen LogP contribution is 2.28. The lowest BCUT2D eigenvalue weighted by Crippen LogP contribution is -2.51. The van der Waals surface area contributed by atoms with Crippen molar-refractivity contribution in [3.05, 3.63) is 0 Å². The maximum Gasteiger partial charge on any atom is 0.0223 e. The molecule has 1 rings (SSSR count). The number of hydrogen-bond acceptors (Lipinski definition) is 2. The van der Waals surface area contributed by atoms with Crippen LogP contribution >= 0.6 is 0 Å². The van der Waals surface area contributed by atoms with Crippen molar-refractivity contribution in [2.24, 2.45) is 5.92 Å². The van der Waals surface area contributed by atoms with Crippen molar-refractivity contribution in [3.63, 3.8) is 0 Å². The van der Waals surface area contributed by atoms with Crippen LogP contribution in [0.4, 0.5) is 0 Å². The molecule has 1 unspecified atom stereocenters. The van der Waals surface area contributed by atoms with E-state index in [4.69, 9.17) is 0 Å². The lowest BCUT2D eigenvalue weighted by Gasteiger charge is -2.40. The Bertz CT molecular complexity index is 219. The summed E-state index contributed by atoms with van der Waals surface area (Å²) in [5.74, 6) is 0.897. The molecule has 1 aliphatic rings. The summed E-state index contributed by atoms with van der Waals surface area (Å²) < 4.78 is 0. The number of likely N-dealkylation sites (N-methyl/N-ethyl adjacent to an activating group) is 2. The van der Waals surface area contributed by atoms with E-state index in [0.717, 1.165) is 12.5 Å². The number of hydrogen-bond donors (Lipinski definition) is 1. The molecule has 1 atom stereocenters. The Kier molecular flexibility index (Phi) is 6.65. The Hall–Kier alpha value is -0.0800. The summed E-state index contributed by atoms with van der Waals surface area (Å²) in [4.78, 5) is 2.55. The van der Waals surface area contributed by atoms with Crippen LogP contribution in [-0.2, 0) is 0 Å². The van der Waals surface area contributed by atoms with Gasteiger partial charge in [0.05, 0.1) is 0 Å². The van der Waals surface area contributed by atoms with Gasteiger partial charge >= 0.3 is 0 Å². The van der Waals surface area contributed by atoms with E-state index in [9.17, 15) is 0 Å². The number of nitrogens with zero attached hydrogens (tertiary/aromatic N) is 1. The molecule has 0 saturated heterocycles. The van der Waals surface area contributed by atoms with E-state index in [2.05, 4.69) is 45.0 Å². The fourth-order valence-electron chi connectivity index (χ4n) is 2.99. The molecule has 0 aromatic rings. The summed E-state index contributed by atoms with van der Waals surface area (Å²) in [7, 11) is 2.29. The summed E-state index contributed by atoms with van der Waals surface area (Å²) in [6.45, 7) is 11.5. The van der Waals surface area contributed by atoms with Gasteiger partial charge in [-0.1, -0.05) is 33.1 Å². The highest BCUT2D eigenvalue weighted by atomic mass is 15.2. The molecule has 1 fully saturated rings. The first-order valence-corrected chi connectivity index (χ1v) is 7.96. The second kappa shape index (κ2) is 7.49. The van der Waals surface area contributed by atoms with Crippen LogP contribution in [0.3, 0.4) is 0 Å². The molecule has 0 heterocycles. The summed E-state index contributed by atoms with van der Waals surface area (Å²) in [5.41, 5.74) is 0.322. The third kappa shape index (κ3) is 4.55. The van der Waals surface area contributed by atoms with Crippen LogP contribution in [0.15, 0.2) is 0 Å². The summed E-state index contributed by atoms with van der Waals surface area (Å²) in [6, 6.07) is 0.686. The van der Waals surface area contributed by atoms with E-state index in [1.807, 2.05) is 0 Å². The van der Waals surface area contributed by atoms with Crippen molar-refractivity contribution < 1.29 is 0 Å². The molecule has 0 aromatic carbocycles. The highest BCUT2D eigenvalue weighted by Gasteiger charge is 2.28. The van der Waals surface area contributed by atoms with Crippen molar-refractivity contribution in [1.29, 1.82) is 0 Å². The van der Waals surface area contributed by atoms with Crippen molar-refractivity contribution in [2.75, 3.05) is 20.1 Å². The van der Waals surface area contributed by atoms with Crippen LogP contribution < -0.4 is 5.32 Å². The maximum absolute atomic E-state index is 3.74. The van der Waals surface area contributed by atoms with E-state index in [0.29, 0.717) is 11.6 Å². The van der Waals surface area contributed by atoms with Crippen molar-refractivity contribution in [2.45, 2.75) is 77.8 Å². The van der Waals surface area contributed by atoms with Gasteiger partial charge in [0.15, 0.2) is 0 Å². The van der Waals surface area contributed by atoms with Crippen molar-refractivity contribution >= 4 is 0 Å². The quantitative estimate of drug-likeness (QED) is 0.746. The molecule has 0 aromatic heterocycles. The highest BCUT2D eigenvalue weighted by molar-refractivity contribution is 4.86. The first-order chi connectivity index (χ1) is 8.51. The van der Waals surface area contributed by atoms with Gasteiger partial charge in [-0.15, -0.1) is 0 Å².